The van der Waals surface area contributed by atoms with Crippen molar-refractivity contribution in [3.63, 3.8) is 0 Å². The molecule has 3 heterocycles. The Labute approximate surface area is 222 Å². The monoisotopic (exact) mass is 527 g/mol. The molecule has 0 spiro atoms. The van der Waals surface area contributed by atoms with Gasteiger partial charge >= 0.3 is 0 Å². The Morgan fingerprint density at radius 2 is 1.81 bits per heavy atom. The predicted molar refractivity (Wildman–Crippen MR) is 150 cm³/mol. The highest BCUT2D eigenvalue weighted by Gasteiger charge is 2.33. The molecule has 1 N–H and O–H groups in total. The first-order valence-electron chi connectivity index (χ1n) is 11.6. The van der Waals surface area contributed by atoms with Crippen LogP contribution in [0, 0.1) is 6.92 Å². The van der Waals surface area contributed by atoms with E-state index in [-0.39, 0.29) is 25.2 Å². The number of thioether (sulfide) groups is 1. The van der Waals surface area contributed by atoms with Crippen molar-refractivity contribution in [1.29, 1.82) is 0 Å². The minimum Gasteiger partial charge on any atom is -0.454 e. The molecule has 0 radical (unpaired) electrons. The molecule has 0 aliphatic carbocycles. The fourth-order valence-corrected chi connectivity index (χ4v) is 5.84. The zero-order valence-corrected chi connectivity index (χ0v) is 21.4. The molecule has 2 amide bonds. The number of rotatable bonds is 5. The Balaban J connectivity index is 1.31. The lowest BCUT2D eigenvalue weighted by molar-refractivity contribution is -0.116. The standard InChI is InChI=1S/C28H21N3O4S2/c1-17-21(14-25-27(33)31(28(36)37-25)19-7-3-2-4-8-19)20-9-5-6-10-22(20)30(17)15-26(32)29-18-11-12-23-24(13-18)35-16-34-23/h2-14H,15-16H2,1H3,(H,29,32)/b25-14-. The third kappa shape index (κ3) is 4.26. The molecule has 2 aliphatic heterocycles. The lowest BCUT2D eigenvalue weighted by Crippen LogP contribution is -2.27. The molecule has 9 heteroatoms. The average molecular weight is 528 g/mol. The smallest absolute Gasteiger partial charge is 0.270 e. The minimum atomic E-state index is -0.176. The van der Waals surface area contributed by atoms with Crippen LogP contribution in [0.1, 0.15) is 11.3 Å². The molecule has 2 aliphatic rings. The van der Waals surface area contributed by atoms with E-state index in [0.29, 0.717) is 26.4 Å². The summed E-state index contributed by atoms with van der Waals surface area (Å²) in [6, 6.07) is 22.6. The van der Waals surface area contributed by atoms with Crippen LogP contribution < -0.4 is 19.7 Å². The second-order valence-corrected chi connectivity index (χ2v) is 10.2. The molecule has 1 aromatic heterocycles. The molecule has 1 saturated heterocycles. The van der Waals surface area contributed by atoms with Gasteiger partial charge in [-0.1, -0.05) is 60.4 Å². The topological polar surface area (TPSA) is 72.8 Å². The van der Waals surface area contributed by atoms with Crippen LogP contribution in [0.5, 0.6) is 11.5 Å². The first-order chi connectivity index (χ1) is 18.0. The van der Waals surface area contributed by atoms with Gasteiger partial charge in [-0.25, -0.2) is 0 Å². The molecule has 0 bridgehead atoms. The number of hydrogen-bond acceptors (Lipinski definition) is 6. The number of nitrogens with zero attached hydrogens (tertiary/aromatic N) is 2. The highest BCUT2D eigenvalue weighted by atomic mass is 32.2. The van der Waals surface area contributed by atoms with Crippen molar-refractivity contribution in [2.75, 3.05) is 17.0 Å². The van der Waals surface area contributed by atoms with Crippen LogP contribution >= 0.6 is 24.0 Å². The number of carbonyl (C=O) groups is 2. The summed E-state index contributed by atoms with van der Waals surface area (Å²) in [6.07, 6.45) is 1.88. The molecule has 7 nitrogen and oxygen atoms in total. The predicted octanol–water partition coefficient (Wildman–Crippen LogP) is 5.72. The van der Waals surface area contributed by atoms with E-state index < -0.39 is 0 Å². The number of nitrogens with one attached hydrogen (secondary N) is 1. The van der Waals surface area contributed by atoms with E-state index >= 15 is 0 Å². The number of hydrogen-bond donors (Lipinski definition) is 1. The van der Waals surface area contributed by atoms with Crippen molar-refractivity contribution >= 4 is 68.5 Å². The maximum absolute atomic E-state index is 13.3. The van der Waals surface area contributed by atoms with Crippen molar-refractivity contribution in [1.82, 2.24) is 4.57 Å². The maximum Gasteiger partial charge on any atom is 0.270 e. The van der Waals surface area contributed by atoms with E-state index in [0.717, 1.165) is 27.8 Å². The van der Waals surface area contributed by atoms with Gasteiger partial charge in [0.05, 0.1) is 10.6 Å². The normalized spacial score (nSPS) is 15.7. The molecule has 0 unspecified atom stereocenters. The maximum atomic E-state index is 13.3. The molecule has 184 valence electrons. The number of thiocarbonyl (C=S) groups is 1. The van der Waals surface area contributed by atoms with Crippen LogP contribution in [-0.2, 0) is 16.1 Å². The van der Waals surface area contributed by atoms with Gasteiger partial charge in [-0.2, -0.15) is 0 Å². The van der Waals surface area contributed by atoms with Crippen LogP contribution in [0.15, 0.2) is 77.7 Å². The van der Waals surface area contributed by atoms with Crippen LogP contribution in [0.2, 0.25) is 0 Å². The average Bonchev–Trinajstić information content (AvgIpc) is 3.55. The first kappa shape index (κ1) is 23.3. The number of anilines is 2. The van der Waals surface area contributed by atoms with Gasteiger partial charge in [0, 0.05) is 33.9 Å². The summed E-state index contributed by atoms with van der Waals surface area (Å²) in [4.78, 5) is 28.4. The van der Waals surface area contributed by atoms with Crippen molar-refractivity contribution in [2.45, 2.75) is 13.5 Å². The van der Waals surface area contributed by atoms with Crippen molar-refractivity contribution in [3.05, 3.63) is 89.0 Å². The largest absolute Gasteiger partial charge is 0.454 e. The van der Waals surface area contributed by atoms with E-state index in [1.807, 2.05) is 72.2 Å². The molecule has 0 saturated carbocycles. The fraction of sp³-hybridized carbons (Fsp3) is 0.107. The van der Waals surface area contributed by atoms with E-state index in [9.17, 15) is 9.59 Å². The molecular formula is C28H21N3O4S2. The number of aromatic nitrogens is 1. The number of amides is 2. The number of para-hydroxylation sites is 2. The van der Waals surface area contributed by atoms with Crippen molar-refractivity contribution < 1.29 is 19.1 Å². The van der Waals surface area contributed by atoms with Gasteiger partial charge in [0.1, 0.15) is 6.54 Å². The molecule has 4 aromatic rings. The number of benzene rings is 3. The van der Waals surface area contributed by atoms with Crippen molar-refractivity contribution in [3.8, 4) is 11.5 Å². The van der Waals surface area contributed by atoms with Gasteiger partial charge in [0.25, 0.3) is 5.91 Å². The van der Waals surface area contributed by atoms with Gasteiger partial charge in [-0.15, -0.1) is 0 Å². The van der Waals surface area contributed by atoms with E-state index in [4.69, 9.17) is 21.7 Å². The first-order valence-corrected chi connectivity index (χ1v) is 12.8. The molecule has 1 fully saturated rings. The Bertz CT molecular complexity index is 1610. The molecule has 37 heavy (non-hydrogen) atoms. The zero-order valence-electron chi connectivity index (χ0n) is 19.8. The Morgan fingerprint density at radius 1 is 1.05 bits per heavy atom. The lowest BCUT2D eigenvalue weighted by Gasteiger charge is -2.13. The summed E-state index contributed by atoms with van der Waals surface area (Å²) in [5.74, 6) is 0.936. The van der Waals surface area contributed by atoms with Gasteiger partial charge in [0.15, 0.2) is 15.8 Å². The summed E-state index contributed by atoms with van der Waals surface area (Å²) in [6.45, 7) is 2.24. The quantitative estimate of drug-likeness (QED) is 0.264. The minimum absolute atomic E-state index is 0.111. The summed E-state index contributed by atoms with van der Waals surface area (Å²) >= 11 is 6.81. The van der Waals surface area contributed by atoms with Gasteiger partial charge in [0.2, 0.25) is 12.7 Å². The van der Waals surface area contributed by atoms with E-state index in [2.05, 4.69) is 5.32 Å². The zero-order chi connectivity index (χ0) is 25.5. The SMILES string of the molecule is Cc1c(/C=C2\SC(=S)N(c3ccccc3)C2=O)c2ccccc2n1CC(=O)Nc1ccc2c(c1)OCO2. The molecule has 6 rings (SSSR count). The van der Waals surface area contributed by atoms with E-state index in [1.54, 1.807) is 23.1 Å². The summed E-state index contributed by atoms with van der Waals surface area (Å²) in [5.41, 5.74) is 4.05. The molecule has 3 aromatic carbocycles. The molecule has 0 atom stereocenters. The van der Waals surface area contributed by atoms with E-state index in [1.165, 1.54) is 11.8 Å². The summed E-state index contributed by atoms with van der Waals surface area (Å²) in [7, 11) is 0. The van der Waals surface area contributed by atoms with Crippen LogP contribution in [0.3, 0.4) is 0 Å². The second kappa shape index (κ2) is 9.42. The third-order valence-electron chi connectivity index (χ3n) is 6.32. The summed E-state index contributed by atoms with van der Waals surface area (Å²) < 4.78 is 13.2. The summed E-state index contributed by atoms with van der Waals surface area (Å²) in [5, 5.41) is 3.90. The molecular weight excluding hydrogens is 506 g/mol. The number of ether oxygens (including phenoxy) is 2. The Kier molecular flexibility index (Phi) is 5.94. The third-order valence-corrected chi connectivity index (χ3v) is 7.62. The van der Waals surface area contributed by atoms with Crippen LogP contribution in [0.4, 0.5) is 11.4 Å². The van der Waals surface area contributed by atoms with Gasteiger partial charge in [-0.3, -0.25) is 14.5 Å². The van der Waals surface area contributed by atoms with Crippen molar-refractivity contribution in [2.24, 2.45) is 0 Å². The Hall–Kier alpha value is -4.08. The highest BCUT2D eigenvalue weighted by molar-refractivity contribution is 8.27. The number of carbonyl (C=O) groups excluding carboxylic acids is 2. The lowest BCUT2D eigenvalue weighted by atomic mass is 10.1. The highest BCUT2D eigenvalue weighted by Crippen LogP contribution is 2.38. The Morgan fingerprint density at radius 3 is 2.65 bits per heavy atom. The second-order valence-electron chi connectivity index (χ2n) is 8.57. The van der Waals surface area contributed by atoms with Crippen LogP contribution in [-0.4, -0.2) is 27.5 Å². The number of fused-ring (bicyclic) bond motifs is 2. The van der Waals surface area contributed by atoms with Crippen LogP contribution in [0.25, 0.3) is 17.0 Å². The fourth-order valence-electron chi connectivity index (χ4n) is 4.56. The van der Waals surface area contributed by atoms with Gasteiger partial charge in [-0.05, 0) is 43.3 Å². The van der Waals surface area contributed by atoms with Gasteiger partial charge < -0.3 is 19.4 Å².